The van der Waals surface area contributed by atoms with Crippen molar-refractivity contribution in [3.8, 4) is 0 Å². The predicted octanol–water partition coefficient (Wildman–Crippen LogP) is 1.03. The SMILES string of the molecule is Cc1cc(CN2CC(N)C2=O)sc1C. The third-order valence-electron chi connectivity index (χ3n) is 2.61. The molecule has 0 bridgehead atoms. The van der Waals surface area contributed by atoms with E-state index in [1.54, 1.807) is 16.2 Å². The third-order valence-corrected chi connectivity index (χ3v) is 3.75. The van der Waals surface area contributed by atoms with Gasteiger partial charge >= 0.3 is 0 Å². The molecular formula is C10H14N2OS. The number of aryl methyl sites for hydroxylation is 2. The monoisotopic (exact) mass is 210 g/mol. The molecule has 1 aromatic heterocycles. The number of amides is 1. The zero-order chi connectivity index (χ0) is 10.3. The second-order valence-corrected chi connectivity index (χ2v) is 5.12. The average Bonchev–Trinajstić information content (AvgIpc) is 2.45. The Morgan fingerprint density at radius 2 is 2.36 bits per heavy atom. The summed E-state index contributed by atoms with van der Waals surface area (Å²) < 4.78 is 0. The highest BCUT2D eigenvalue weighted by Crippen LogP contribution is 2.23. The zero-order valence-corrected chi connectivity index (χ0v) is 9.23. The van der Waals surface area contributed by atoms with E-state index in [4.69, 9.17) is 5.73 Å². The van der Waals surface area contributed by atoms with Crippen LogP contribution in [-0.4, -0.2) is 23.4 Å². The summed E-state index contributed by atoms with van der Waals surface area (Å²) in [5.74, 6) is 0.0775. The second kappa shape index (κ2) is 3.37. The molecule has 14 heavy (non-hydrogen) atoms. The minimum Gasteiger partial charge on any atom is -0.334 e. The van der Waals surface area contributed by atoms with Crippen LogP contribution in [0, 0.1) is 13.8 Å². The van der Waals surface area contributed by atoms with Crippen molar-refractivity contribution < 1.29 is 4.79 Å². The molecule has 2 rings (SSSR count). The summed E-state index contributed by atoms with van der Waals surface area (Å²) in [5.41, 5.74) is 6.82. The van der Waals surface area contributed by atoms with Crippen LogP contribution in [0.15, 0.2) is 6.07 Å². The predicted molar refractivity (Wildman–Crippen MR) is 57.2 cm³/mol. The molecule has 3 nitrogen and oxygen atoms in total. The summed E-state index contributed by atoms with van der Waals surface area (Å²) >= 11 is 1.76. The number of carbonyl (C=O) groups is 1. The molecule has 1 unspecified atom stereocenters. The van der Waals surface area contributed by atoms with E-state index in [2.05, 4.69) is 19.9 Å². The van der Waals surface area contributed by atoms with Crippen LogP contribution in [0.5, 0.6) is 0 Å². The first kappa shape index (κ1) is 9.68. The van der Waals surface area contributed by atoms with Crippen LogP contribution in [0.4, 0.5) is 0 Å². The normalized spacial score (nSPS) is 21.2. The Bertz CT molecular complexity index is 353. The first-order valence-electron chi connectivity index (χ1n) is 4.68. The smallest absolute Gasteiger partial charge is 0.241 e. The largest absolute Gasteiger partial charge is 0.334 e. The van der Waals surface area contributed by atoms with E-state index in [1.165, 1.54) is 15.3 Å². The molecule has 2 N–H and O–H groups in total. The van der Waals surface area contributed by atoms with Crippen molar-refractivity contribution in [1.29, 1.82) is 0 Å². The van der Waals surface area contributed by atoms with Gasteiger partial charge in [0.15, 0.2) is 0 Å². The first-order valence-corrected chi connectivity index (χ1v) is 5.50. The number of nitrogens with two attached hydrogens (primary N) is 1. The van der Waals surface area contributed by atoms with Crippen molar-refractivity contribution in [3.63, 3.8) is 0 Å². The van der Waals surface area contributed by atoms with Gasteiger partial charge in [-0.2, -0.15) is 0 Å². The highest BCUT2D eigenvalue weighted by molar-refractivity contribution is 7.12. The molecule has 0 spiro atoms. The molecule has 76 valence electrons. The van der Waals surface area contributed by atoms with Crippen molar-refractivity contribution in [3.05, 3.63) is 21.4 Å². The fourth-order valence-electron chi connectivity index (χ4n) is 1.59. The van der Waals surface area contributed by atoms with Gasteiger partial charge in [0.1, 0.15) is 6.04 Å². The Hall–Kier alpha value is -0.870. The number of likely N-dealkylation sites (tertiary alicyclic amines) is 1. The van der Waals surface area contributed by atoms with Gasteiger partial charge in [-0.1, -0.05) is 0 Å². The number of hydrogen-bond acceptors (Lipinski definition) is 3. The van der Waals surface area contributed by atoms with Gasteiger partial charge in [-0.25, -0.2) is 0 Å². The molecule has 0 aromatic carbocycles. The maximum absolute atomic E-state index is 11.3. The Morgan fingerprint density at radius 3 is 2.79 bits per heavy atom. The Balaban J connectivity index is 2.02. The van der Waals surface area contributed by atoms with E-state index in [-0.39, 0.29) is 11.9 Å². The summed E-state index contributed by atoms with van der Waals surface area (Å²) in [6, 6.07) is 1.90. The van der Waals surface area contributed by atoms with E-state index >= 15 is 0 Å². The minimum atomic E-state index is -0.253. The topological polar surface area (TPSA) is 46.3 Å². The van der Waals surface area contributed by atoms with Crippen LogP contribution in [-0.2, 0) is 11.3 Å². The number of thiophene rings is 1. The lowest BCUT2D eigenvalue weighted by molar-refractivity contribution is -0.143. The molecule has 1 saturated heterocycles. The molecular weight excluding hydrogens is 196 g/mol. The van der Waals surface area contributed by atoms with Gasteiger partial charge in [-0.05, 0) is 25.5 Å². The van der Waals surface area contributed by atoms with E-state index in [0.29, 0.717) is 6.54 Å². The lowest BCUT2D eigenvalue weighted by atomic mass is 10.1. The summed E-state index contributed by atoms with van der Waals surface area (Å²) in [4.78, 5) is 15.6. The van der Waals surface area contributed by atoms with Crippen LogP contribution in [0.1, 0.15) is 15.3 Å². The Labute approximate surface area is 87.5 Å². The highest BCUT2D eigenvalue weighted by Gasteiger charge is 2.33. The molecule has 2 heterocycles. The fraction of sp³-hybridized carbons (Fsp3) is 0.500. The van der Waals surface area contributed by atoms with Gasteiger partial charge < -0.3 is 10.6 Å². The Morgan fingerprint density at radius 1 is 1.64 bits per heavy atom. The molecule has 4 heteroatoms. The summed E-state index contributed by atoms with van der Waals surface area (Å²) in [7, 11) is 0. The van der Waals surface area contributed by atoms with E-state index < -0.39 is 0 Å². The van der Waals surface area contributed by atoms with Crippen molar-refractivity contribution in [2.45, 2.75) is 26.4 Å². The van der Waals surface area contributed by atoms with Gasteiger partial charge in [0.05, 0.1) is 6.54 Å². The van der Waals surface area contributed by atoms with Gasteiger partial charge in [-0.3, -0.25) is 4.79 Å². The van der Waals surface area contributed by atoms with Gasteiger partial charge in [0.25, 0.3) is 0 Å². The number of β-lactam (4-membered cyclic amide) rings is 1. The molecule has 1 amide bonds. The summed E-state index contributed by atoms with van der Waals surface area (Å²) in [5, 5.41) is 0. The minimum absolute atomic E-state index is 0.0775. The van der Waals surface area contributed by atoms with Crippen LogP contribution in [0.2, 0.25) is 0 Å². The van der Waals surface area contributed by atoms with Crippen LogP contribution in [0.25, 0.3) is 0 Å². The van der Waals surface area contributed by atoms with Crippen molar-refractivity contribution in [1.82, 2.24) is 4.90 Å². The lowest BCUT2D eigenvalue weighted by Gasteiger charge is -2.35. The van der Waals surface area contributed by atoms with E-state index in [9.17, 15) is 4.79 Å². The molecule has 0 radical (unpaired) electrons. The van der Waals surface area contributed by atoms with Gasteiger partial charge in [-0.15, -0.1) is 11.3 Å². The molecule has 1 aromatic rings. The van der Waals surface area contributed by atoms with Crippen LogP contribution in [0.3, 0.4) is 0 Å². The maximum Gasteiger partial charge on any atom is 0.241 e. The highest BCUT2D eigenvalue weighted by atomic mass is 32.1. The van der Waals surface area contributed by atoms with Gasteiger partial charge in [0, 0.05) is 16.3 Å². The quantitative estimate of drug-likeness (QED) is 0.741. The molecule has 0 aliphatic carbocycles. The van der Waals surface area contributed by atoms with E-state index in [1.807, 2.05) is 0 Å². The van der Waals surface area contributed by atoms with Crippen molar-refractivity contribution >= 4 is 17.2 Å². The summed E-state index contributed by atoms with van der Waals surface area (Å²) in [6.45, 7) is 5.63. The molecule has 1 fully saturated rings. The molecule has 1 aliphatic rings. The zero-order valence-electron chi connectivity index (χ0n) is 8.41. The fourth-order valence-corrected chi connectivity index (χ4v) is 2.66. The standard InChI is InChI=1S/C10H14N2OS/c1-6-3-8(14-7(6)2)4-12-5-9(11)10(12)13/h3,9H,4-5,11H2,1-2H3. The lowest BCUT2D eigenvalue weighted by Crippen LogP contribution is -2.60. The Kier molecular flexibility index (Phi) is 2.33. The average molecular weight is 210 g/mol. The first-order chi connectivity index (χ1) is 6.58. The number of nitrogens with zero attached hydrogens (tertiary/aromatic N) is 1. The van der Waals surface area contributed by atoms with E-state index in [0.717, 1.165) is 6.54 Å². The number of hydrogen-bond donors (Lipinski definition) is 1. The second-order valence-electron chi connectivity index (χ2n) is 3.78. The number of carbonyl (C=O) groups excluding carboxylic acids is 1. The summed E-state index contributed by atoms with van der Waals surface area (Å²) in [6.07, 6.45) is 0. The molecule has 1 aliphatic heterocycles. The van der Waals surface area contributed by atoms with Crippen LogP contribution >= 0.6 is 11.3 Å². The number of rotatable bonds is 2. The van der Waals surface area contributed by atoms with Gasteiger partial charge in [0.2, 0.25) is 5.91 Å². The molecule has 1 atom stereocenters. The third kappa shape index (κ3) is 1.55. The van der Waals surface area contributed by atoms with Crippen molar-refractivity contribution in [2.75, 3.05) is 6.54 Å². The van der Waals surface area contributed by atoms with Crippen molar-refractivity contribution in [2.24, 2.45) is 5.73 Å². The maximum atomic E-state index is 11.3. The molecule has 0 saturated carbocycles. The van der Waals surface area contributed by atoms with Crippen LogP contribution < -0.4 is 5.73 Å².